The fourth-order valence-corrected chi connectivity index (χ4v) is 3.81. The zero-order valence-electron chi connectivity index (χ0n) is 17.7. The molecular weight excluding hydrogens is 368 g/mol. The Morgan fingerprint density at radius 2 is 0.867 bits per heavy atom. The number of unbranched alkanes of at least 4 members (excludes halogenated alkanes) is 2. The van der Waals surface area contributed by atoms with Crippen molar-refractivity contribution in [3.05, 3.63) is 98.1 Å². The van der Waals surface area contributed by atoms with Gasteiger partial charge in [-0.3, -0.25) is 0 Å². The number of nitrogens with zero attached hydrogens (tertiary/aromatic N) is 4. The van der Waals surface area contributed by atoms with Crippen LogP contribution < -0.4 is 9.13 Å². The summed E-state index contributed by atoms with van der Waals surface area (Å²) in [5, 5.41) is 0. The van der Waals surface area contributed by atoms with Gasteiger partial charge in [-0.1, -0.05) is 0 Å². The number of pyridine rings is 2. The van der Waals surface area contributed by atoms with Gasteiger partial charge in [0.1, 0.15) is 13.1 Å². The zero-order valence-corrected chi connectivity index (χ0v) is 17.7. The van der Waals surface area contributed by atoms with Crippen LogP contribution in [-0.2, 0) is 26.2 Å². The Bertz CT molecular complexity index is 885. The van der Waals surface area contributed by atoms with Crippen molar-refractivity contribution in [1.82, 2.24) is 9.13 Å². The van der Waals surface area contributed by atoms with Gasteiger partial charge in [0, 0.05) is 75.0 Å². The summed E-state index contributed by atoms with van der Waals surface area (Å²) >= 11 is 0. The van der Waals surface area contributed by atoms with Crippen LogP contribution >= 0.6 is 0 Å². The summed E-state index contributed by atoms with van der Waals surface area (Å²) in [6.45, 7) is 4.34. The van der Waals surface area contributed by atoms with Crippen molar-refractivity contribution in [1.29, 1.82) is 0 Å². The van der Waals surface area contributed by atoms with Gasteiger partial charge >= 0.3 is 0 Å². The van der Waals surface area contributed by atoms with Crippen LogP contribution in [0.3, 0.4) is 0 Å². The highest BCUT2D eigenvalue weighted by molar-refractivity contribution is 5.60. The standard InChI is InChI=1S/C26H32N4/c1-2-14-27(13-1)17-5-7-19-29-21-9-25(10-22-29)26-11-23-30(24-12-26)20-8-6-18-28-15-3-4-16-28/h1-4,9-16,21-24H,5-8,17-20H2/q+2. The van der Waals surface area contributed by atoms with Gasteiger partial charge in [0.15, 0.2) is 24.8 Å². The summed E-state index contributed by atoms with van der Waals surface area (Å²) in [5.41, 5.74) is 2.55. The van der Waals surface area contributed by atoms with Crippen LogP contribution in [0.5, 0.6) is 0 Å². The molecule has 4 nitrogen and oxygen atoms in total. The van der Waals surface area contributed by atoms with Crippen LogP contribution in [0, 0.1) is 0 Å². The maximum atomic E-state index is 2.28. The van der Waals surface area contributed by atoms with Crippen LogP contribution in [0.1, 0.15) is 25.7 Å². The lowest BCUT2D eigenvalue weighted by atomic mass is 10.1. The Morgan fingerprint density at radius 1 is 0.500 bits per heavy atom. The molecule has 0 spiro atoms. The average Bonchev–Trinajstić information content (AvgIpc) is 3.50. The van der Waals surface area contributed by atoms with Crippen molar-refractivity contribution >= 4 is 0 Å². The van der Waals surface area contributed by atoms with Gasteiger partial charge in [0.05, 0.1) is 0 Å². The molecule has 4 heteroatoms. The van der Waals surface area contributed by atoms with E-state index in [0.717, 1.165) is 26.2 Å². The fourth-order valence-electron chi connectivity index (χ4n) is 3.81. The minimum atomic E-state index is 1.07. The molecule has 0 aliphatic rings. The van der Waals surface area contributed by atoms with Crippen molar-refractivity contribution in [3.8, 4) is 11.1 Å². The van der Waals surface area contributed by atoms with E-state index in [2.05, 4.69) is 116 Å². The third-order valence-electron chi connectivity index (χ3n) is 5.61. The highest BCUT2D eigenvalue weighted by atomic mass is 14.9. The third kappa shape index (κ3) is 5.93. The Hall–Kier alpha value is -3.14. The van der Waals surface area contributed by atoms with Gasteiger partial charge < -0.3 is 9.13 Å². The third-order valence-corrected chi connectivity index (χ3v) is 5.61. The van der Waals surface area contributed by atoms with Gasteiger partial charge in [-0.25, -0.2) is 9.13 Å². The Kier molecular flexibility index (Phi) is 7.11. The quantitative estimate of drug-likeness (QED) is 0.261. The van der Waals surface area contributed by atoms with Crippen LogP contribution in [0.2, 0.25) is 0 Å². The van der Waals surface area contributed by atoms with E-state index in [1.165, 1.54) is 36.8 Å². The Morgan fingerprint density at radius 3 is 1.23 bits per heavy atom. The minimum absolute atomic E-state index is 1.07. The first-order valence-electron chi connectivity index (χ1n) is 11.1. The van der Waals surface area contributed by atoms with E-state index in [-0.39, 0.29) is 0 Å². The summed E-state index contributed by atoms with van der Waals surface area (Å²) in [4.78, 5) is 0. The second kappa shape index (κ2) is 10.6. The number of rotatable bonds is 11. The molecule has 0 unspecified atom stereocenters. The van der Waals surface area contributed by atoms with Crippen LogP contribution in [-0.4, -0.2) is 9.13 Å². The van der Waals surface area contributed by atoms with E-state index >= 15 is 0 Å². The highest BCUT2D eigenvalue weighted by Gasteiger charge is 2.06. The summed E-state index contributed by atoms with van der Waals surface area (Å²) in [5.74, 6) is 0. The summed E-state index contributed by atoms with van der Waals surface area (Å²) < 4.78 is 9.06. The smallest absolute Gasteiger partial charge is 0.169 e. The fraction of sp³-hybridized carbons (Fsp3) is 0.308. The summed E-state index contributed by atoms with van der Waals surface area (Å²) in [6, 6.07) is 17.2. The van der Waals surface area contributed by atoms with E-state index < -0.39 is 0 Å². The molecular formula is C26H32N4+2. The van der Waals surface area contributed by atoms with Crippen molar-refractivity contribution < 1.29 is 9.13 Å². The lowest BCUT2D eigenvalue weighted by molar-refractivity contribution is -0.697. The molecule has 0 aromatic carbocycles. The average molecular weight is 401 g/mol. The maximum absolute atomic E-state index is 2.28. The second-order valence-corrected chi connectivity index (χ2v) is 7.91. The van der Waals surface area contributed by atoms with Gasteiger partial charge in [-0.05, 0) is 48.2 Å². The lowest BCUT2D eigenvalue weighted by Gasteiger charge is -2.03. The molecule has 0 bridgehead atoms. The van der Waals surface area contributed by atoms with E-state index in [4.69, 9.17) is 0 Å². The number of hydrogen-bond donors (Lipinski definition) is 0. The molecule has 0 saturated carbocycles. The highest BCUT2D eigenvalue weighted by Crippen LogP contribution is 2.15. The lowest BCUT2D eigenvalue weighted by Crippen LogP contribution is -2.33. The molecule has 0 amide bonds. The normalized spacial score (nSPS) is 11.1. The molecule has 0 N–H and O–H groups in total. The molecule has 4 heterocycles. The topological polar surface area (TPSA) is 17.6 Å². The second-order valence-electron chi connectivity index (χ2n) is 7.91. The predicted octanol–water partition coefficient (Wildman–Crippen LogP) is 4.49. The monoisotopic (exact) mass is 400 g/mol. The van der Waals surface area contributed by atoms with Crippen LogP contribution in [0.15, 0.2) is 98.1 Å². The number of hydrogen-bond acceptors (Lipinski definition) is 0. The molecule has 0 aliphatic carbocycles. The first kappa shape index (κ1) is 20.1. The van der Waals surface area contributed by atoms with Crippen LogP contribution in [0.4, 0.5) is 0 Å². The number of aromatic nitrogens is 4. The molecule has 4 aromatic rings. The van der Waals surface area contributed by atoms with Crippen molar-refractivity contribution in [3.63, 3.8) is 0 Å². The zero-order chi connectivity index (χ0) is 20.4. The minimum Gasteiger partial charge on any atom is -0.354 e. The Labute approximate surface area is 179 Å². The van der Waals surface area contributed by atoms with Crippen molar-refractivity contribution in [2.45, 2.75) is 51.9 Å². The molecule has 154 valence electrons. The molecule has 0 saturated heterocycles. The van der Waals surface area contributed by atoms with Gasteiger partial charge in [0.2, 0.25) is 0 Å². The van der Waals surface area contributed by atoms with Gasteiger partial charge in [-0.2, -0.15) is 0 Å². The summed E-state index contributed by atoms with van der Waals surface area (Å²) in [7, 11) is 0. The number of aryl methyl sites for hydroxylation is 4. The Balaban J connectivity index is 1.20. The SMILES string of the molecule is c1ccn(CCCC[n+]2ccc(-c3cc[n+](CCCCn4cccc4)cc3)cc2)c1. The van der Waals surface area contributed by atoms with E-state index in [0.29, 0.717) is 0 Å². The van der Waals surface area contributed by atoms with E-state index in [1.54, 1.807) is 0 Å². The molecule has 0 aliphatic heterocycles. The predicted molar refractivity (Wildman–Crippen MR) is 120 cm³/mol. The van der Waals surface area contributed by atoms with Crippen LogP contribution in [0.25, 0.3) is 11.1 Å². The first-order chi connectivity index (χ1) is 14.9. The molecule has 0 radical (unpaired) electrons. The summed E-state index contributed by atoms with van der Waals surface area (Å²) in [6.07, 6.45) is 22.1. The van der Waals surface area contributed by atoms with E-state index in [1.807, 2.05) is 0 Å². The van der Waals surface area contributed by atoms with Gasteiger partial charge in [0.25, 0.3) is 0 Å². The maximum Gasteiger partial charge on any atom is 0.169 e. The molecule has 4 aromatic heterocycles. The largest absolute Gasteiger partial charge is 0.354 e. The molecule has 30 heavy (non-hydrogen) atoms. The van der Waals surface area contributed by atoms with Gasteiger partial charge in [-0.15, -0.1) is 0 Å². The van der Waals surface area contributed by atoms with Crippen molar-refractivity contribution in [2.75, 3.05) is 0 Å². The molecule has 4 rings (SSSR count). The molecule has 0 fully saturated rings. The van der Waals surface area contributed by atoms with Crippen molar-refractivity contribution in [2.24, 2.45) is 0 Å². The first-order valence-corrected chi connectivity index (χ1v) is 11.1. The van der Waals surface area contributed by atoms with E-state index in [9.17, 15) is 0 Å². The molecule has 0 atom stereocenters.